The van der Waals surface area contributed by atoms with Gasteiger partial charge in [-0.15, -0.1) is 0 Å². The third-order valence-electron chi connectivity index (χ3n) is 1.82. The topological polar surface area (TPSA) is 46.7 Å². The van der Waals surface area contributed by atoms with Crippen LogP contribution in [0.3, 0.4) is 0 Å². The largest absolute Gasteiger partial charge is 0.241 e. The van der Waals surface area contributed by atoms with E-state index in [-0.39, 0.29) is 0 Å². The monoisotopic (exact) mass is 173 g/mol. The Morgan fingerprint density at radius 2 is 2.46 bits per heavy atom. The Morgan fingerprint density at radius 3 is 3.31 bits per heavy atom. The van der Waals surface area contributed by atoms with Crippen LogP contribution in [0.1, 0.15) is 5.56 Å². The van der Waals surface area contributed by atoms with Crippen LogP contribution in [-0.2, 0) is 11.3 Å². The molecule has 0 saturated heterocycles. The van der Waals surface area contributed by atoms with Crippen LogP contribution in [0.4, 0.5) is 0 Å². The molecule has 0 aliphatic rings. The second-order valence-corrected chi connectivity index (χ2v) is 2.61. The van der Waals surface area contributed by atoms with Crippen LogP contribution >= 0.6 is 0 Å². The first-order chi connectivity index (χ1) is 6.42. The van der Waals surface area contributed by atoms with Crippen molar-refractivity contribution < 1.29 is 4.79 Å². The SMILES string of the molecule is O=C=NCc1cnn2ccccc12. The van der Waals surface area contributed by atoms with Gasteiger partial charge < -0.3 is 0 Å². The summed E-state index contributed by atoms with van der Waals surface area (Å²) in [4.78, 5) is 13.4. The highest BCUT2D eigenvalue weighted by atomic mass is 16.1. The normalized spacial score (nSPS) is 9.85. The lowest BCUT2D eigenvalue weighted by Gasteiger charge is -1.92. The molecule has 0 unspecified atom stereocenters. The molecular weight excluding hydrogens is 166 g/mol. The fraction of sp³-hybridized carbons (Fsp3) is 0.111. The number of fused-ring (bicyclic) bond motifs is 1. The van der Waals surface area contributed by atoms with Gasteiger partial charge >= 0.3 is 0 Å². The number of aromatic nitrogens is 2. The van der Waals surface area contributed by atoms with Gasteiger partial charge in [-0.1, -0.05) is 6.07 Å². The molecule has 4 heteroatoms. The van der Waals surface area contributed by atoms with Crippen LogP contribution in [0, 0.1) is 0 Å². The summed E-state index contributed by atoms with van der Waals surface area (Å²) in [6.45, 7) is 0.344. The standard InChI is InChI=1S/C9H7N3O/c13-7-10-5-8-6-11-12-4-2-1-3-9(8)12/h1-4,6H,5H2. The molecule has 0 bridgehead atoms. The Bertz CT molecular complexity index is 468. The Kier molecular flexibility index (Phi) is 1.90. The number of rotatable bonds is 2. The van der Waals surface area contributed by atoms with E-state index in [1.165, 1.54) is 6.08 Å². The lowest BCUT2D eigenvalue weighted by atomic mass is 10.3. The first-order valence-corrected chi connectivity index (χ1v) is 3.86. The fourth-order valence-corrected chi connectivity index (χ4v) is 1.23. The van der Waals surface area contributed by atoms with Gasteiger partial charge in [0.1, 0.15) is 0 Å². The fourth-order valence-electron chi connectivity index (χ4n) is 1.23. The van der Waals surface area contributed by atoms with E-state index in [0.29, 0.717) is 6.54 Å². The molecule has 2 aromatic rings. The smallest absolute Gasteiger partial charge is 0.235 e. The molecule has 0 aliphatic heterocycles. The van der Waals surface area contributed by atoms with Crippen molar-refractivity contribution in [2.75, 3.05) is 0 Å². The van der Waals surface area contributed by atoms with E-state index in [0.717, 1.165) is 11.1 Å². The Labute approximate surface area is 74.5 Å². The molecule has 0 saturated carbocycles. The molecule has 2 aromatic heterocycles. The molecule has 4 nitrogen and oxygen atoms in total. The predicted molar refractivity (Wildman–Crippen MR) is 47.0 cm³/mol. The molecule has 0 N–H and O–H groups in total. The van der Waals surface area contributed by atoms with Crippen molar-refractivity contribution in [3.8, 4) is 0 Å². The first kappa shape index (κ1) is 7.71. The number of pyridine rings is 1. The van der Waals surface area contributed by atoms with E-state index in [2.05, 4.69) is 10.1 Å². The summed E-state index contributed by atoms with van der Waals surface area (Å²) in [6.07, 6.45) is 5.06. The maximum absolute atomic E-state index is 9.92. The summed E-state index contributed by atoms with van der Waals surface area (Å²) in [7, 11) is 0. The van der Waals surface area contributed by atoms with Crippen molar-refractivity contribution in [1.82, 2.24) is 9.61 Å². The molecule has 0 amide bonds. The molecule has 2 rings (SSSR count). The highest BCUT2D eigenvalue weighted by Gasteiger charge is 2.00. The van der Waals surface area contributed by atoms with Crippen molar-refractivity contribution >= 4 is 11.6 Å². The van der Waals surface area contributed by atoms with Gasteiger partial charge in [0.25, 0.3) is 0 Å². The van der Waals surface area contributed by atoms with Gasteiger partial charge in [-0.3, -0.25) is 0 Å². The molecular formula is C9H7N3O. The second kappa shape index (κ2) is 3.21. The number of isocyanates is 1. The van der Waals surface area contributed by atoms with Gasteiger partial charge in [0, 0.05) is 11.8 Å². The minimum atomic E-state index is 0.344. The highest BCUT2D eigenvalue weighted by molar-refractivity contribution is 5.53. The van der Waals surface area contributed by atoms with Gasteiger partial charge in [0.05, 0.1) is 18.3 Å². The molecule has 0 radical (unpaired) electrons. The van der Waals surface area contributed by atoms with Crippen LogP contribution < -0.4 is 0 Å². The van der Waals surface area contributed by atoms with E-state index in [4.69, 9.17) is 0 Å². The minimum Gasteiger partial charge on any atom is -0.241 e. The van der Waals surface area contributed by atoms with Crippen molar-refractivity contribution in [3.05, 3.63) is 36.2 Å². The number of hydrogen-bond donors (Lipinski definition) is 0. The summed E-state index contributed by atoms with van der Waals surface area (Å²) < 4.78 is 1.75. The summed E-state index contributed by atoms with van der Waals surface area (Å²) >= 11 is 0. The van der Waals surface area contributed by atoms with Crippen LogP contribution in [-0.4, -0.2) is 15.7 Å². The van der Waals surface area contributed by atoms with Crippen LogP contribution in [0.15, 0.2) is 35.6 Å². The van der Waals surface area contributed by atoms with Crippen LogP contribution in [0.2, 0.25) is 0 Å². The van der Waals surface area contributed by atoms with Gasteiger partial charge in [0.2, 0.25) is 6.08 Å². The molecule has 0 fully saturated rings. The first-order valence-electron chi connectivity index (χ1n) is 3.86. The van der Waals surface area contributed by atoms with Crippen LogP contribution in [0.25, 0.3) is 5.52 Å². The third kappa shape index (κ3) is 1.35. The molecule has 2 heterocycles. The molecule has 0 atom stereocenters. The minimum absolute atomic E-state index is 0.344. The van der Waals surface area contributed by atoms with Crippen molar-refractivity contribution in [2.24, 2.45) is 4.99 Å². The molecule has 13 heavy (non-hydrogen) atoms. The van der Waals surface area contributed by atoms with E-state index in [9.17, 15) is 4.79 Å². The summed E-state index contributed by atoms with van der Waals surface area (Å²) in [5.41, 5.74) is 1.91. The molecule has 64 valence electrons. The lowest BCUT2D eigenvalue weighted by Crippen LogP contribution is -1.84. The zero-order chi connectivity index (χ0) is 9.10. The number of nitrogens with zero attached hydrogens (tertiary/aromatic N) is 3. The molecule has 0 aliphatic carbocycles. The lowest BCUT2D eigenvalue weighted by molar-refractivity contribution is 0.563. The number of carbonyl (C=O) groups excluding carboxylic acids is 1. The summed E-state index contributed by atoms with van der Waals surface area (Å²) in [5.74, 6) is 0. The van der Waals surface area contributed by atoms with Gasteiger partial charge in [0.15, 0.2) is 0 Å². The number of aliphatic imine (C=N–C) groups is 1. The maximum Gasteiger partial charge on any atom is 0.235 e. The van der Waals surface area contributed by atoms with Crippen LogP contribution in [0.5, 0.6) is 0 Å². The van der Waals surface area contributed by atoms with Crippen molar-refractivity contribution in [1.29, 1.82) is 0 Å². The number of hydrogen-bond acceptors (Lipinski definition) is 3. The van der Waals surface area contributed by atoms with E-state index >= 15 is 0 Å². The highest BCUT2D eigenvalue weighted by Crippen LogP contribution is 2.10. The van der Waals surface area contributed by atoms with Crippen molar-refractivity contribution in [2.45, 2.75) is 6.54 Å². The average Bonchev–Trinajstić information content (AvgIpc) is 2.58. The van der Waals surface area contributed by atoms with E-state index in [1.54, 1.807) is 10.7 Å². The summed E-state index contributed by atoms with van der Waals surface area (Å²) in [5, 5.41) is 4.10. The van der Waals surface area contributed by atoms with E-state index < -0.39 is 0 Å². The third-order valence-corrected chi connectivity index (χ3v) is 1.82. The maximum atomic E-state index is 9.92. The zero-order valence-electron chi connectivity index (χ0n) is 6.84. The molecule has 0 aromatic carbocycles. The average molecular weight is 173 g/mol. The Balaban J connectivity index is 2.51. The Morgan fingerprint density at radius 1 is 1.54 bits per heavy atom. The molecule has 0 spiro atoms. The summed E-state index contributed by atoms with van der Waals surface area (Å²) in [6, 6.07) is 5.75. The Hall–Kier alpha value is -1.93. The second-order valence-electron chi connectivity index (χ2n) is 2.61. The predicted octanol–water partition coefficient (Wildman–Crippen LogP) is 1.17. The van der Waals surface area contributed by atoms with Gasteiger partial charge in [-0.05, 0) is 12.1 Å². The quantitative estimate of drug-likeness (QED) is 0.505. The zero-order valence-corrected chi connectivity index (χ0v) is 6.84. The van der Waals surface area contributed by atoms with E-state index in [1.807, 2.05) is 24.4 Å². The van der Waals surface area contributed by atoms with Gasteiger partial charge in [-0.25, -0.2) is 14.3 Å². The van der Waals surface area contributed by atoms with Gasteiger partial charge in [-0.2, -0.15) is 5.10 Å². The van der Waals surface area contributed by atoms with Crippen molar-refractivity contribution in [3.63, 3.8) is 0 Å².